The van der Waals surface area contributed by atoms with Crippen LogP contribution in [0.2, 0.25) is 0 Å². The van der Waals surface area contributed by atoms with E-state index in [0.29, 0.717) is 18.0 Å². The summed E-state index contributed by atoms with van der Waals surface area (Å²) in [7, 11) is -3.03. The molecule has 0 bridgehead atoms. The monoisotopic (exact) mass is 262 g/mol. The summed E-state index contributed by atoms with van der Waals surface area (Å²) in [5.41, 5.74) is 0.459. The first kappa shape index (κ1) is 14.9. The molecule has 17 heavy (non-hydrogen) atoms. The summed E-state index contributed by atoms with van der Waals surface area (Å²) in [6.07, 6.45) is 7.15. The average Bonchev–Trinajstić information content (AvgIpc) is 2.13. The standard InChI is InChI=1S/C12H26N2O2S/c1-12(2)7-4-6-11(10-12)13-8-5-9-14-17(3,15)16/h11,13-14H,4-10H2,1-3H3. The molecule has 1 aliphatic rings. The molecule has 0 heterocycles. The van der Waals surface area contributed by atoms with Gasteiger partial charge in [0.25, 0.3) is 0 Å². The first-order chi connectivity index (χ1) is 7.79. The summed E-state index contributed by atoms with van der Waals surface area (Å²) in [6, 6.07) is 0.608. The van der Waals surface area contributed by atoms with E-state index in [1.807, 2.05) is 0 Å². The summed E-state index contributed by atoms with van der Waals surface area (Å²) in [5, 5.41) is 3.53. The van der Waals surface area contributed by atoms with Gasteiger partial charge in [0.2, 0.25) is 10.0 Å². The molecular weight excluding hydrogens is 236 g/mol. The summed E-state index contributed by atoms with van der Waals surface area (Å²) in [6.45, 7) is 6.07. The molecule has 1 saturated carbocycles. The summed E-state index contributed by atoms with van der Waals surface area (Å²) in [4.78, 5) is 0. The van der Waals surface area contributed by atoms with Gasteiger partial charge in [-0.1, -0.05) is 20.3 Å². The van der Waals surface area contributed by atoms with Crippen LogP contribution in [0.3, 0.4) is 0 Å². The van der Waals surface area contributed by atoms with E-state index in [1.165, 1.54) is 31.9 Å². The molecule has 1 rings (SSSR count). The molecule has 0 amide bonds. The highest BCUT2D eigenvalue weighted by molar-refractivity contribution is 7.88. The van der Waals surface area contributed by atoms with Gasteiger partial charge in [-0.15, -0.1) is 0 Å². The van der Waals surface area contributed by atoms with Crippen LogP contribution in [0.4, 0.5) is 0 Å². The lowest BCUT2D eigenvalue weighted by Crippen LogP contribution is -2.38. The maximum Gasteiger partial charge on any atom is 0.208 e. The topological polar surface area (TPSA) is 58.2 Å². The average molecular weight is 262 g/mol. The first-order valence-corrected chi connectivity index (χ1v) is 8.36. The number of hydrogen-bond donors (Lipinski definition) is 2. The second kappa shape index (κ2) is 6.16. The SMILES string of the molecule is CC1(C)CCCC(NCCCNS(C)(=O)=O)C1. The van der Waals surface area contributed by atoms with E-state index in [9.17, 15) is 8.42 Å². The van der Waals surface area contributed by atoms with Crippen LogP contribution in [0.5, 0.6) is 0 Å². The molecule has 1 atom stereocenters. The summed E-state index contributed by atoms with van der Waals surface area (Å²) in [5.74, 6) is 0. The highest BCUT2D eigenvalue weighted by Crippen LogP contribution is 2.34. The Labute approximate surface area is 106 Å². The fraction of sp³-hybridized carbons (Fsp3) is 1.00. The molecule has 0 aromatic carbocycles. The predicted molar refractivity (Wildman–Crippen MR) is 71.5 cm³/mol. The molecule has 4 nitrogen and oxygen atoms in total. The Morgan fingerprint density at radius 1 is 1.29 bits per heavy atom. The third-order valence-electron chi connectivity index (χ3n) is 3.36. The third kappa shape index (κ3) is 7.01. The van der Waals surface area contributed by atoms with Crippen molar-refractivity contribution in [2.45, 2.75) is 52.0 Å². The molecule has 2 N–H and O–H groups in total. The van der Waals surface area contributed by atoms with E-state index in [0.717, 1.165) is 13.0 Å². The first-order valence-electron chi connectivity index (χ1n) is 6.47. The Morgan fingerprint density at radius 3 is 2.59 bits per heavy atom. The Bertz CT molecular complexity index is 325. The lowest BCUT2D eigenvalue weighted by Gasteiger charge is -2.35. The van der Waals surface area contributed by atoms with Gasteiger partial charge in [-0.3, -0.25) is 0 Å². The van der Waals surface area contributed by atoms with E-state index < -0.39 is 10.0 Å². The van der Waals surface area contributed by atoms with Crippen LogP contribution in [-0.2, 0) is 10.0 Å². The van der Waals surface area contributed by atoms with Gasteiger partial charge in [-0.2, -0.15) is 0 Å². The van der Waals surface area contributed by atoms with Gasteiger partial charge in [0.05, 0.1) is 6.26 Å². The van der Waals surface area contributed by atoms with Crippen molar-refractivity contribution in [2.75, 3.05) is 19.3 Å². The zero-order chi connectivity index (χ0) is 12.9. The lowest BCUT2D eigenvalue weighted by molar-refractivity contribution is 0.198. The van der Waals surface area contributed by atoms with Crippen LogP contribution in [0.1, 0.15) is 46.0 Å². The van der Waals surface area contributed by atoms with Crippen molar-refractivity contribution >= 4 is 10.0 Å². The van der Waals surface area contributed by atoms with Crippen molar-refractivity contribution in [3.8, 4) is 0 Å². The number of hydrogen-bond acceptors (Lipinski definition) is 3. The van der Waals surface area contributed by atoms with E-state index in [4.69, 9.17) is 0 Å². The quantitative estimate of drug-likeness (QED) is 0.713. The predicted octanol–water partition coefficient (Wildman–Crippen LogP) is 1.48. The van der Waals surface area contributed by atoms with Crippen molar-refractivity contribution < 1.29 is 8.42 Å². The van der Waals surface area contributed by atoms with E-state index in [-0.39, 0.29) is 0 Å². The Morgan fingerprint density at radius 2 is 2.00 bits per heavy atom. The van der Waals surface area contributed by atoms with Crippen LogP contribution >= 0.6 is 0 Å². The molecule has 1 fully saturated rings. The Balaban J connectivity index is 2.11. The van der Waals surface area contributed by atoms with E-state index in [1.54, 1.807) is 0 Å². The van der Waals surface area contributed by atoms with Crippen molar-refractivity contribution in [1.29, 1.82) is 0 Å². The van der Waals surface area contributed by atoms with Crippen LogP contribution < -0.4 is 10.0 Å². The molecule has 102 valence electrons. The summed E-state index contributed by atoms with van der Waals surface area (Å²) < 4.78 is 24.2. The van der Waals surface area contributed by atoms with E-state index >= 15 is 0 Å². The molecule has 0 aromatic heterocycles. The highest BCUT2D eigenvalue weighted by atomic mass is 32.2. The summed E-state index contributed by atoms with van der Waals surface area (Å²) >= 11 is 0. The molecular formula is C12H26N2O2S. The molecule has 1 aliphatic carbocycles. The van der Waals surface area contributed by atoms with Gasteiger partial charge >= 0.3 is 0 Å². The van der Waals surface area contributed by atoms with Gasteiger partial charge in [0.15, 0.2) is 0 Å². The molecule has 0 saturated heterocycles. The number of sulfonamides is 1. The number of rotatable bonds is 6. The second-order valence-corrected chi connectivity index (χ2v) is 7.76. The lowest BCUT2D eigenvalue weighted by atomic mass is 9.75. The minimum atomic E-state index is -3.03. The molecule has 1 unspecified atom stereocenters. The normalized spacial score (nSPS) is 24.8. The van der Waals surface area contributed by atoms with Crippen LogP contribution in [0, 0.1) is 5.41 Å². The van der Waals surface area contributed by atoms with Gasteiger partial charge in [-0.25, -0.2) is 13.1 Å². The smallest absolute Gasteiger partial charge is 0.208 e. The van der Waals surface area contributed by atoms with Crippen LogP contribution in [0.25, 0.3) is 0 Å². The van der Waals surface area contributed by atoms with Gasteiger partial charge in [0, 0.05) is 12.6 Å². The largest absolute Gasteiger partial charge is 0.314 e. The fourth-order valence-electron chi connectivity index (χ4n) is 2.52. The minimum absolute atomic E-state index is 0.459. The molecule has 5 heteroatoms. The van der Waals surface area contributed by atoms with Crippen molar-refractivity contribution in [1.82, 2.24) is 10.0 Å². The highest BCUT2D eigenvalue weighted by Gasteiger charge is 2.27. The van der Waals surface area contributed by atoms with E-state index in [2.05, 4.69) is 23.9 Å². The van der Waals surface area contributed by atoms with Crippen LogP contribution in [-0.4, -0.2) is 33.8 Å². The van der Waals surface area contributed by atoms with Crippen LogP contribution in [0.15, 0.2) is 0 Å². The molecule has 0 radical (unpaired) electrons. The molecule has 0 aromatic rings. The number of nitrogens with one attached hydrogen (secondary N) is 2. The molecule has 0 aliphatic heterocycles. The Hall–Kier alpha value is -0.130. The fourth-order valence-corrected chi connectivity index (χ4v) is 3.04. The van der Waals surface area contributed by atoms with Gasteiger partial charge in [0.1, 0.15) is 0 Å². The zero-order valence-corrected chi connectivity index (χ0v) is 12.1. The maximum atomic E-state index is 10.8. The molecule has 0 spiro atoms. The van der Waals surface area contributed by atoms with Crippen molar-refractivity contribution in [3.63, 3.8) is 0 Å². The maximum absolute atomic E-state index is 10.8. The minimum Gasteiger partial charge on any atom is -0.314 e. The third-order valence-corrected chi connectivity index (χ3v) is 4.08. The zero-order valence-electron chi connectivity index (χ0n) is 11.3. The Kier molecular flexibility index (Phi) is 5.41. The van der Waals surface area contributed by atoms with Crippen molar-refractivity contribution in [3.05, 3.63) is 0 Å². The van der Waals surface area contributed by atoms with Crippen molar-refractivity contribution in [2.24, 2.45) is 5.41 Å². The van der Waals surface area contributed by atoms with Gasteiger partial charge < -0.3 is 5.32 Å². The van der Waals surface area contributed by atoms with Gasteiger partial charge in [-0.05, 0) is 37.6 Å². The second-order valence-electron chi connectivity index (χ2n) is 5.93.